The molecule has 1 rings (SSSR count). The average molecular weight is 462 g/mol. The van der Waals surface area contributed by atoms with Crippen molar-refractivity contribution in [2.75, 3.05) is 41.5 Å². The van der Waals surface area contributed by atoms with Crippen molar-refractivity contribution in [3.63, 3.8) is 0 Å². The van der Waals surface area contributed by atoms with Gasteiger partial charge in [-0.2, -0.15) is 0 Å². The van der Waals surface area contributed by atoms with Crippen LogP contribution in [0.2, 0.25) is 0 Å². The molecule has 0 unspecified atom stereocenters. The van der Waals surface area contributed by atoms with Crippen LogP contribution >= 0.6 is 0 Å². The maximum Gasteiger partial charge on any atom is 0.225 e. The Balaban J connectivity index is 2.82. The number of carbonyl (C=O) groups excluding carboxylic acids is 1. The van der Waals surface area contributed by atoms with E-state index in [1.807, 2.05) is 20.2 Å². The number of hydrogen-bond acceptors (Lipinski definition) is 4. The molecule has 33 heavy (non-hydrogen) atoms. The molecule has 0 bridgehead atoms. The normalized spacial score (nSPS) is 13.5. The topological polar surface area (TPSA) is 48.0 Å². The number of hydrogen-bond donors (Lipinski definition) is 0. The summed E-state index contributed by atoms with van der Waals surface area (Å²) in [5.41, 5.74) is 1.26. The number of allylic oxidation sites excluding steroid dienone is 2. The van der Waals surface area contributed by atoms with E-state index in [-0.39, 0.29) is 11.8 Å². The van der Waals surface area contributed by atoms with Crippen LogP contribution in [0.15, 0.2) is 30.4 Å². The number of carbonyl (C=O) groups is 1. The van der Waals surface area contributed by atoms with Gasteiger partial charge in [0.15, 0.2) is 11.5 Å². The lowest BCUT2D eigenvalue weighted by Crippen LogP contribution is -2.32. The first-order valence-corrected chi connectivity index (χ1v) is 12.3. The highest BCUT2D eigenvalue weighted by molar-refractivity contribution is 5.78. The molecule has 5 nitrogen and oxygen atoms in total. The Morgan fingerprint density at radius 2 is 1.70 bits per heavy atom. The van der Waals surface area contributed by atoms with E-state index in [9.17, 15) is 4.79 Å². The highest BCUT2D eigenvalue weighted by Gasteiger charge is 2.22. The Bertz CT molecular complexity index is 712. The molecule has 0 N–H and O–H groups in total. The smallest absolute Gasteiger partial charge is 0.225 e. The molecule has 0 aliphatic carbocycles. The van der Waals surface area contributed by atoms with Gasteiger partial charge in [0.2, 0.25) is 5.91 Å². The number of rotatable bonds is 16. The first-order chi connectivity index (χ1) is 15.7. The molecular weight excluding hydrogens is 414 g/mol. The number of nitrogens with zero attached hydrogens (tertiary/aromatic N) is 1. The van der Waals surface area contributed by atoms with Crippen LogP contribution in [0.5, 0.6) is 11.5 Å². The second-order valence-electron chi connectivity index (χ2n) is 9.91. The van der Waals surface area contributed by atoms with Crippen molar-refractivity contribution in [3.8, 4) is 11.5 Å². The van der Waals surface area contributed by atoms with Crippen LogP contribution in [0, 0.1) is 23.7 Å². The van der Waals surface area contributed by atoms with Gasteiger partial charge in [0, 0.05) is 40.2 Å². The van der Waals surface area contributed by atoms with Crippen molar-refractivity contribution in [3.05, 3.63) is 35.9 Å². The van der Waals surface area contributed by atoms with E-state index in [1.54, 1.807) is 19.1 Å². The highest BCUT2D eigenvalue weighted by atomic mass is 16.5. The zero-order valence-corrected chi connectivity index (χ0v) is 22.2. The third kappa shape index (κ3) is 11.1. The average Bonchev–Trinajstić information content (AvgIpc) is 2.75. The molecule has 0 radical (unpaired) electrons. The summed E-state index contributed by atoms with van der Waals surface area (Å²) in [4.78, 5) is 14.2. The van der Waals surface area contributed by atoms with Crippen molar-refractivity contribution in [1.82, 2.24) is 4.90 Å². The lowest BCUT2D eigenvalue weighted by molar-refractivity contribution is -0.134. The Morgan fingerprint density at radius 1 is 1.00 bits per heavy atom. The number of ether oxygens (including phenoxy) is 3. The number of benzene rings is 1. The SMILES string of the molecule is COCCCOc1cc(C[C@@H](C/C=C/C[C@H](C(=O)N(C)C)C(C)C)CC(C)C)ccc1OC. The Hall–Kier alpha value is -2.01. The molecule has 2 atom stereocenters. The Kier molecular flexibility index (Phi) is 13.9. The van der Waals surface area contributed by atoms with Gasteiger partial charge in [-0.25, -0.2) is 0 Å². The van der Waals surface area contributed by atoms with Crippen LogP contribution in [-0.4, -0.2) is 52.3 Å². The number of methoxy groups -OCH3 is 2. The van der Waals surface area contributed by atoms with Gasteiger partial charge in [-0.1, -0.05) is 45.9 Å². The van der Waals surface area contributed by atoms with Gasteiger partial charge in [-0.3, -0.25) is 4.79 Å². The fourth-order valence-corrected chi connectivity index (χ4v) is 4.13. The summed E-state index contributed by atoms with van der Waals surface area (Å²) in [7, 11) is 7.05. The third-order valence-electron chi connectivity index (χ3n) is 5.90. The van der Waals surface area contributed by atoms with Crippen LogP contribution in [0.1, 0.15) is 58.9 Å². The minimum Gasteiger partial charge on any atom is -0.493 e. The van der Waals surface area contributed by atoms with Crippen LogP contribution in [0.3, 0.4) is 0 Å². The molecule has 0 heterocycles. The van der Waals surface area contributed by atoms with E-state index >= 15 is 0 Å². The second-order valence-corrected chi connectivity index (χ2v) is 9.91. The molecule has 0 aliphatic heterocycles. The molecule has 1 amide bonds. The predicted octanol–water partition coefficient (Wildman–Crippen LogP) is 6.01. The highest BCUT2D eigenvalue weighted by Crippen LogP contribution is 2.31. The van der Waals surface area contributed by atoms with Crippen LogP contribution in [0.4, 0.5) is 0 Å². The zero-order valence-electron chi connectivity index (χ0n) is 22.2. The van der Waals surface area contributed by atoms with E-state index in [4.69, 9.17) is 14.2 Å². The molecule has 1 aromatic carbocycles. The first-order valence-electron chi connectivity index (χ1n) is 12.3. The lowest BCUT2D eigenvalue weighted by Gasteiger charge is -2.22. The zero-order chi connectivity index (χ0) is 24.8. The molecule has 5 heteroatoms. The minimum absolute atomic E-state index is 0.0409. The van der Waals surface area contributed by atoms with Gasteiger partial charge >= 0.3 is 0 Å². The summed E-state index contributed by atoms with van der Waals surface area (Å²) in [6, 6.07) is 6.26. The fourth-order valence-electron chi connectivity index (χ4n) is 4.13. The van der Waals surface area contributed by atoms with Crippen molar-refractivity contribution < 1.29 is 19.0 Å². The minimum atomic E-state index is 0.0409. The van der Waals surface area contributed by atoms with E-state index < -0.39 is 0 Å². The van der Waals surface area contributed by atoms with E-state index in [0.717, 1.165) is 43.6 Å². The quantitative estimate of drug-likeness (QED) is 0.223. The van der Waals surface area contributed by atoms with Crippen LogP contribution in [-0.2, 0) is 16.0 Å². The number of amides is 1. The Labute approximate surface area is 202 Å². The maximum absolute atomic E-state index is 12.5. The van der Waals surface area contributed by atoms with Gasteiger partial charge in [0.25, 0.3) is 0 Å². The largest absolute Gasteiger partial charge is 0.493 e. The standard InChI is InChI=1S/C28H47NO4/c1-21(2)18-23(12-9-10-13-25(22(3)4)28(30)29(5)6)19-24-14-15-26(32-8)27(20-24)33-17-11-16-31-7/h9-10,14-15,20-23,25H,11-13,16-19H2,1-8H3/b10-9+/t23-,25-/m0/s1. The van der Waals surface area contributed by atoms with Crippen molar-refractivity contribution in [1.29, 1.82) is 0 Å². The summed E-state index contributed by atoms with van der Waals surface area (Å²) >= 11 is 0. The van der Waals surface area contributed by atoms with Crippen molar-refractivity contribution >= 4 is 5.91 Å². The summed E-state index contributed by atoms with van der Waals surface area (Å²) < 4.78 is 16.6. The molecule has 0 saturated heterocycles. The lowest BCUT2D eigenvalue weighted by atomic mass is 9.87. The summed E-state index contributed by atoms with van der Waals surface area (Å²) in [6.07, 6.45) is 9.28. The predicted molar refractivity (Wildman–Crippen MR) is 137 cm³/mol. The van der Waals surface area contributed by atoms with Gasteiger partial charge in [-0.05, 0) is 61.1 Å². The van der Waals surface area contributed by atoms with Gasteiger partial charge in [0.1, 0.15) is 0 Å². The van der Waals surface area contributed by atoms with E-state index in [0.29, 0.717) is 31.0 Å². The molecular formula is C28H47NO4. The molecule has 0 aromatic heterocycles. The fraction of sp³-hybridized carbons (Fsp3) is 0.679. The van der Waals surface area contributed by atoms with Gasteiger partial charge in [0.05, 0.1) is 13.7 Å². The molecule has 188 valence electrons. The maximum atomic E-state index is 12.5. The van der Waals surface area contributed by atoms with E-state index in [1.165, 1.54) is 5.56 Å². The molecule has 0 fully saturated rings. The van der Waals surface area contributed by atoms with E-state index in [2.05, 4.69) is 52.0 Å². The molecule has 0 spiro atoms. The van der Waals surface area contributed by atoms with Gasteiger partial charge < -0.3 is 19.1 Å². The molecule has 0 saturated carbocycles. The summed E-state index contributed by atoms with van der Waals surface area (Å²) in [5.74, 6) is 3.32. The van der Waals surface area contributed by atoms with Crippen LogP contribution < -0.4 is 9.47 Å². The van der Waals surface area contributed by atoms with Crippen LogP contribution in [0.25, 0.3) is 0 Å². The third-order valence-corrected chi connectivity index (χ3v) is 5.90. The summed E-state index contributed by atoms with van der Waals surface area (Å²) in [6.45, 7) is 10.1. The molecule has 1 aromatic rings. The first kappa shape index (κ1) is 29.0. The molecule has 0 aliphatic rings. The van der Waals surface area contributed by atoms with Crippen molar-refractivity contribution in [2.24, 2.45) is 23.7 Å². The Morgan fingerprint density at radius 3 is 2.27 bits per heavy atom. The van der Waals surface area contributed by atoms with Gasteiger partial charge in [-0.15, -0.1) is 0 Å². The monoisotopic (exact) mass is 461 g/mol. The second kappa shape index (κ2) is 15.8. The summed E-state index contributed by atoms with van der Waals surface area (Å²) in [5, 5.41) is 0. The van der Waals surface area contributed by atoms with Crippen molar-refractivity contribution in [2.45, 2.75) is 59.8 Å².